The maximum atomic E-state index is 12.5. The van der Waals surface area contributed by atoms with Gasteiger partial charge in [-0.1, -0.05) is 0 Å². The second-order valence-corrected chi connectivity index (χ2v) is 4.43. The van der Waals surface area contributed by atoms with Crippen LogP contribution < -0.4 is 5.56 Å². The molecule has 0 saturated heterocycles. The van der Waals surface area contributed by atoms with Crippen molar-refractivity contribution in [1.29, 1.82) is 0 Å². The molecule has 0 amide bonds. The summed E-state index contributed by atoms with van der Waals surface area (Å²) in [6.07, 6.45) is -1.32. The summed E-state index contributed by atoms with van der Waals surface area (Å²) in [5.74, 6) is -2.24. The zero-order valence-electron chi connectivity index (χ0n) is 9.58. The van der Waals surface area contributed by atoms with Gasteiger partial charge in [-0.25, -0.2) is 4.98 Å². The number of nitrogens with one attached hydrogen (secondary N) is 1. The van der Waals surface area contributed by atoms with Gasteiger partial charge in [0.1, 0.15) is 12.5 Å². The van der Waals surface area contributed by atoms with Crippen LogP contribution >= 0.6 is 0 Å². The fraction of sp³-hybridized carbons (Fsp3) is 0.455. The van der Waals surface area contributed by atoms with Gasteiger partial charge in [0.25, 0.3) is 11.3 Å². The molecule has 0 fully saturated rings. The van der Waals surface area contributed by atoms with Crippen LogP contribution in [0.5, 0.6) is 0 Å². The zero-order valence-corrected chi connectivity index (χ0v) is 9.58. The number of aromatic nitrogens is 2. The minimum atomic E-state index is -4.66. The van der Waals surface area contributed by atoms with E-state index in [9.17, 15) is 18.0 Å². The third-order valence-electron chi connectivity index (χ3n) is 3.18. The summed E-state index contributed by atoms with van der Waals surface area (Å²) in [6.45, 7) is 0. The summed E-state index contributed by atoms with van der Waals surface area (Å²) in [6, 6.07) is 0. The van der Waals surface area contributed by atoms with Gasteiger partial charge in [0.05, 0.1) is 12.1 Å². The average Bonchev–Trinajstić information content (AvgIpc) is 2.77. The van der Waals surface area contributed by atoms with Gasteiger partial charge in [-0.15, -0.1) is 0 Å². The summed E-state index contributed by atoms with van der Waals surface area (Å²) in [4.78, 5) is 17.0. The number of ether oxygens (including phenoxy) is 2. The predicted octanol–water partition coefficient (Wildman–Crippen LogP) is 1.49. The molecule has 0 unspecified atom stereocenters. The van der Waals surface area contributed by atoms with E-state index in [1.54, 1.807) is 4.98 Å². The van der Waals surface area contributed by atoms with Crippen LogP contribution in [-0.2, 0) is 28.5 Å². The van der Waals surface area contributed by atoms with Crippen molar-refractivity contribution in [2.45, 2.75) is 31.2 Å². The van der Waals surface area contributed by atoms with Crippen molar-refractivity contribution in [3.8, 4) is 0 Å². The van der Waals surface area contributed by atoms with E-state index in [-0.39, 0.29) is 24.1 Å². The van der Waals surface area contributed by atoms with Crippen LogP contribution in [0.3, 0.4) is 0 Å². The van der Waals surface area contributed by atoms with Gasteiger partial charge in [-0.05, 0) is 6.42 Å². The highest BCUT2D eigenvalue weighted by Gasteiger charge is 2.43. The van der Waals surface area contributed by atoms with E-state index in [1.165, 1.54) is 12.5 Å². The lowest BCUT2D eigenvalue weighted by atomic mass is 9.91. The number of hydrogen-bond acceptors (Lipinski definition) is 4. The largest absolute Gasteiger partial charge is 0.456 e. The van der Waals surface area contributed by atoms with E-state index in [4.69, 9.17) is 9.47 Å². The van der Waals surface area contributed by atoms with Crippen molar-refractivity contribution >= 4 is 0 Å². The maximum absolute atomic E-state index is 12.5. The highest BCUT2D eigenvalue weighted by molar-refractivity contribution is 5.24. The van der Waals surface area contributed by atoms with Crippen molar-refractivity contribution in [1.82, 2.24) is 9.97 Å². The molecule has 19 heavy (non-hydrogen) atoms. The predicted molar refractivity (Wildman–Crippen MR) is 55.9 cm³/mol. The number of fused-ring (bicyclic) bond motifs is 1. The van der Waals surface area contributed by atoms with Crippen LogP contribution in [-0.4, -0.2) is 15.8 Å². The summed E-state index contributed by atoms with van der Waals surface area (Å²) in [7, 11) is 0. The van der Waals surface area contributed by atoms with Gasteiger partial charge < -0.3 is 14.5 Å². The molecule has 2 heterocycles. The summed E-state index contributed by atoms with van der Waals surface area (Å²) in [5, 5.41) is 0. The topological polar surface area (TPSA) is 64.2 Å². The third kappa shape index (κ3) is 1.96. The lowest BCUT2D eigenvalue weighted by molar-refractivity contribution is -0.151. The molecule has 1 N–H and O–H groups in total. The molecular weight excluding hydrogens is 265 g/mol. The van der Waals surface area contributed by atoms with Crippen molar-refractivity contribution < 1.29 is 22.6 Å². The lowest BCUT2D eigenvalue weighted by Gasteiger charge is -2.31. The minimum absolute atomic E-state index is 0.0792. The van der Waals surface area contributed by atoms with Crippen LogP contribution in [0.4, 0.5) is 13.2 Å². The van der Waals surface area contributed by atoms with Gasteiger partial charge in [0.15, 0.2) is 0 Å². The van der Waals surface area contributed by atoms with Gasteiger partial charge in [0.2, 0.25) is 5.82 Å². The molecule has 2 aliphatic rings. The normalized spacial score (nSPS) is 19.9. The van der Waals surface area contributed by atoms with E-state index in [0.717, 1.165) is 0 Å². The summed E-state index contributed by atoms with van der Waals surface area (Å²) < 4.78 is 48.2. The fourth-order valence-corrected chi connectivity index (χ4v) is 2.27. The molecule has 0 bridgehead atoms. The Kier molecular flexibility index (Phi) is 2.38. The number of alkyl halides is 3. The number of aromatic amines is 1. The minimum Gasteiger partial charge on any atom is -0.456 e. The Labute approximate surface area is 105 Å². The van der Waals surface area contributed by atoms with Crippen molar-refractivity contribution in [2.24, 2.45) is 0 Å². The molecule has 0 atom stereocenters. The molecule has 102 valence electrons. The maximum Gasteiger partial charge on any atom is 0.449 e. The molecule has 5 nitrogen and oxygen atoms in total. The molecule has 1 aromatic rings. The number of rotatable bonds is 0. The summed E-state index contributed by atoms with van der Waals surface area (Å²) >= 11 is 0. The second kappa shape index (κ2) is 3.75. The average molecular weight is 274 g/mol. The monoisotopic (exact) mass is 274 g/mol. The van der Waals surface area contributed by atoms with E-state index in [1.807, 2.05) is 0 Å². The van der Waals surface area contributed by atoms with Crippen LogP contribution in [0.15, 0.2) is 17.3 Å². The van der Waals surface area contributed by atoms with Gasteiger partial charge in [-0.3, -0.25) is 4.79 Å². The molecule has 1 spiro atoms. The number of hydrogen-bond donors (Lipinski definition) is 1. The van der Waals surface area contributed by atoms with Gasteiger partial charge >= 0.3 is 6.18 Å². The van der Waals surface area contributed by atoms with Gasteiger partial charge in [-0.2, -0.15) is 13.2 Å². The Morgan fingerprint density at radius 3 is 2.63 bits per heavy atom. The molecule has 1 aromatic heterocycles. The van der Waals surface area contributed by atoms with Crippen molar-refractivity contribution in [3.05, 3.63) is 40.0 Å². The first-order valence-electron chi connectivity index (χ1n) is 5.60. The SMILES string of the molecule is O=c1[nH]c(C(F)(F)F)nc2c1CC1(CC2)OC=CO1. The Bertz CT molecular complexity index is 598. The fourth-order valence-electron chi connectivity index (χ4n) is 2.27. The number of nitrogens with zero attached hydrogens (tertiary/aromatic N) is 1. The molecule has 0 radical (unpaired) electrons. The first kappa shape index (κ1) is 12.1. The zero-order chi connectivity index (χ0) is 13.7. The molecule has 1 aliphatic heterocycles. The molecule has 8 heteroatoms. The van der Waals surface area contributed by atoms with E-state index in [2.05, 4.69) is 4.98 Å². The molecular formula is C11H9F3N2O3. The number of aryl methyl sites for hydroxylation is 1. The van der Waals surface area contributed by atoms with Crippen LogP contribution in [0, 0.1) is 0 Å². The Hall–Kier alpha value is -1.99. The number of H-pyrrole nitrogens is 1. The van der Waals surface area contributed by atoms with E-state index >= 15 is 0 Å². The molecule has 1 aliphatic carbocycles. The smallest absolute Gasteiger partial charge is 0.449 e. The quantitative estimate of drug-likeness (QED) is 0.778. The number of halogens is 3. The van der Waals surface area contributed by atoms with Crippen LogP contribution in [0.1, 0.15) is 23.5 Å². The van der Waals surface area contributed by atoms with E-state index < -0.39 is 23.3 Å². The third-order valence-corrected chi connectivity index (χ3v) is 3.18. The Morgan fingerprint density at radius 2 is 2.00 bits per heavy atom. The molecule has 3 rings (SSSR count). The Morgan fingerprint density at radius 1 is 1.32 bits per heavy atom. The van der Waals surface area contributed by atoms with Crippen LogP contribution in [0.25, 0.3) is 0 Å². The van der Waals surface area contributed by atoms with Crippen molar-refractivity contribution in [2.75, 3.05) is 0 Å². The Balaban J connectivity index is 2.01. The molecule has 0 aromatic carbocycles. The molecule has 0 saturated carbocycles. The van der Waals surface area contributed by atoms with E-state index in [0.29, 0.717) is 6.42 Å². The second-order valence-electron chi connectivity index (χ2n) is 4.43. The first-order valence-corrected chi connectivity index (χ1v) is 5.60. The standard InChI is InChI=1S/C11H9F3N2O3/c12-11(13,14)9-15-7-1-2-10(18-3-4-19-10)5-6(7)8(17)16-9/h3-4H,1-2,5H2,(H,15,16,17). The lowest BCUT2D eigenvalue weighted by Crippen LogP contribution is -2.41. The summed E-state index contributed by atoms with van der Waals surface area (Å²) in [5.41, 5.74) is -0.459. The van der Waals surface area contributed by atoms with Crippen molar-refractivity contribution in [3.63, 3.8) is 0 Å². The van der Waals surface area contributed by atoms with Gasteiger partial charge in [0, 0.05) is 12.0 Å². The van der Waals surface area contributed by atoms with Crippen LogP contribution in [0.2, 0.25) is 0 Å². The highest BCUT2D eigenvalue weighted by Crippen LogP contribution is 2.34. The highest BCUT2D eigenvalue weighted by atomic mass is 19.4. The first-order chi connectivity index (χ1) is 8.90.